The molecule has 0 unspecified atom stereocenters. The zero-order valence-electron chi connectivity index (χ0n) is 20.3. The number of carboxylic acid groups (broad SMARTS) is 1. The smallest absolute Gasteiger partial charge is 0.310 e. The molecule has 3 fully saturated rings. The Morgan fingerprint density at radius 3 is 1.93 bits per heavy atom. The van der Waals surface area contributed by atoms with E-state index < -0.39 is 11.4 Å². The van der Waals surface area contributed by atoms with Crippen molar-refractivity contribution in [3.8, 4) is 0 Å². The van der Waals surface area contributed by atoms with Crippen LogP contribution in [-0.4, -0.2) is 11.1 Å². The summed E-state index contributed by atoms with van der Waals surface area (Å²) in [6.45, 7) is 4.61. The maximum absolute atomic E-state index is 12.7. The van der Waals surface area contributed by atoms with Gasteiger partial charge < -0.3 is 5.11 Å². The van der Waals surface area contributed by atoms with Gasteiger partial charge in [0.2, 0.25) is 0 Å². The average molecular weight is 419 g/mol. The van der Waals surface area contributed by atoms with Gasteiger partial charge in [-0.05, 0) is 81.0 Å². The van der Waals surface area contributed by atoms with Gasteiger partial charge >= 0.3 is 5.97 Å². The van der Waals surface area contributed by atoms with Crippen molar-refractivity contribution in [1.29, 1.82) is 0 Å². The quantitative estimate of drug-likeness (QED) is 0.359. The minimum absolute atomic E-state index is 0.0552. The lowest BCUT2D eigenvalue weighted by molar-refractivity contribution is -0.170. The van der Waals surface area contributed by atoms with Gasteiger partial charge in [-0.25, -0.2) is 0 Å². The fourth-order valence-electron chi connectivity index (χ4n) is 8.18. The summed E-state index contributed by atoms with van der Waals surface area (Å²) >= 11 is 0. The van der Waals surface area contributed by atoms with E-state index in [0.717, 1.165) is 38.0 Å². The number of aliphatic carboxylic acids is 1. The molecule has 0 saturated heterocycles. The first-order chi connectivity index (χ1) is 14.5. The van der Waals surface area contributed by atoms with Crippen LogP contribution in [0.1, 0.15) is 149 Å². The highest BCUT2D eigenvalue weighted by Gasteiger charge is 2.58. The third kappa shape index (κ3) is 4.78. The molecule has 3 saturated carbocycles. The molecule has 0 atom stereocenters. The zero-order chi connectivity index (χ0) is 21.5. The molecule has 3 rings (SSSR count). The summed E-state index contributed by atoms with van der Waals surface area (Å²) in [5.41, 5.74) is 0.152. The van der Waals surface area contributed by atoms with Gasteiger partial charge in [-0.3, -0.25) is 4.79 Å². The lowest BCUT2D eigenvalue weighted by Gasteiger charge is -2.57. The van der Waals surface area contributed by atoms with Crippen molar-refractivity contribution in [2.24, 2.45) is 22.2 Å². The Morgan fingerprint density at radius 2 is 1.37 bits per heavy atom. The molecule has 0 spiro atoms. The average Bonchev–Trinajstić information content (AvgIpc) is 2.80. The van der Waals surface area contributed by atoms with Gasteiger partial charge in [0.1, 0.15) is 0 Å². The van der Waals surface area contributed by atoms with E-state index in [1.54, 1.807) is 0 Å². The standard InChI is InChI=1S/C28H50O2/c1-3-5-6-7-12-17-26(24-15-10-8-11-16-24)20-22-27(4-2,23-21-26)28(25(29)30)18-13-9-14-19-28/h24H,3-23H2,1-2H3,(H,29,30). The minimum Gasteiger partial charge on any atom is -0.481 e. The molecule has 2 heteroatoms. The molecule has 0 heterocycles. The van der Waals surface area contributed by atoms with Gasteiger partial charge in [-0.1, -0.05) is 84.5 Å². The molecule has 0 radical (unpaired) electrons. The second-order valence-electron chi connectivity index (χ2n) is 11.4. The van der Waals surface area contributed by atoms with Crippen LogP contribution in [-0.2, 0) is 4.79 Å². The number of rotatable bonds is 10. The molecule has 2 nitrogen and oxygen atoms in total. The van der Waals surface area contributed by atoms with Crippen molar-refractivity contribution in [1.82, 2.24) is 0 Å². The predicted molar refractivity (Wildman–Crippen MR) is 127 cm³/mol. The van der Waals surface area contributed by atoms with Crippen LogP contribution in [0.15, 0.2) is 0 Å². The van der Waals surface area contributed by atoms with Gasteiger partial charge in [-0.2, -0.15) is 0 Å². The summed E-state index contributed by atoms with van der Waals surface area (Å²) in [4.78, 5) is 12.7. The van der Waals surface area contributed by atoms with Gasteiger partial charge in [0.15, 0.2) is 0 Å². The first-order valence-corrected chi connectivity index (χ1v) is 13.8. The molecular formula is C28H50O2. The van der Waals surface area contributed by atoms with E-state index in [9.17, 15) is 9.90 Å². The molecule has 0 aromatic heterocycles. The van der Waals surface area contributed by atoms with Crippen molar-refractivity contribution in [3.05, 3.63) is 0 Å². The summed E-state index contributed by atoms with van der Waals surface area (Å²) in [7, 11) is 0. The van der Waals surface area contributed by atoms with Crippen molar-refractivity contribution in [2.45, 2.75) is 149 Å². The van der Waals surface area contributed by atoms with Crippen LogP contribution in [0, 0.1) is 22.2 Å². The van der Waals surface area contributed by atoms with Crippen LogP contribution in [0.4, 0.5) is 0 Å². The van der Waals surface area contributed by atoms with E-state index in [-0.39, 0.29) is 5.41 Å². The predicted octanol–water partition coefficient (Wildman–Crippen LogP) is 8.92. The largest absolute Gasteiger partial charge is 0.481 e. The highest BCUT2D eigenvalue weighted by Crippen LogP contribution is 2.64. The molecule has 0 bridgehead atoms. The fraction of sp³-hybridized carbons (Fsp3) is 0.964. The summed E-state index contributed by atoms with van der Waals surface area (Å²) in [6.07, 6.45) is 26.9. The first-order valence-electron chi connectivity index (χ1n) is 13.8. The molecule has 0 amide bonds. The van der Waals surface area contributed by atoms with Crippen molar-refractivity contribution >= 4 is 5.97 Å². The molecule has 1 N–H and O–H groups in total. The Balaban J connectivity index is 1.75. The maximum atomic E-state index is 12.7. The second kappa shape index (κ2) is 10.9. The zero-order valence-corrected chi connectivity index (χ0v) is 20.3. The molecule has 0 aliphatic heterocycles. The molecule has 30 heavy (non-hydrogen) atoms. The number of unbranched alkanes of at least 4 members (excludes halogenated alkanes) is 4. The van der Waals surface area contributed by atoms with Gasteiger partial charge in [0, 0.05) is 0 Å². The number of carbonyl (C=O) groups is 1. The van der Waals surface area contributed by atoms with Crippen LogP contribution in [0.2, 0.25) is 0 Å². The Bertz CT molecular complexity index is 517. The van der Waals surface area contributed by atoms with E-state index in [1.165, 1.54) is 103 Å². The third-order valence-electron chi connectivity index (χ3n) is 10.3. The minimum atomic E-state index is -0.464. The molecular weight excluding hydrogens is 368 g/mol. The molecule has 174 valence electrons. The summed E-state index contributed by atoms with van der Waals surface area (Å²) in [5, 5.41) is 10.4. The van der Waals surface area contributed by atoms with E-state index >= 15 is 0 Å². The second-order valence-corrected chi connectivity index (χ2v) is 11.4. The highest BCUT2D eigenvalue weighted by molar-refractivity contribution is 5.76. The van der Waals surface area contributed by atoms with Crippen LogP contribution in [0.5, 0.6) is 0 Å². The fourth-order valence-corrected chi connectivity index (χ4v) is 8.18. The summed E-state index contributed by atoms with van der Waals surface area (Å²) < 4.78 is 0. The van der Waals surface area contributed by atoms with Gasteiger partial charge in [-0.15, -0.1) is 0 Å². The van der Waals surface area contributed by atoms with Crippen molar-refractivity contribution in [3.63, 3.8) is 0 Å². The van der Waals surface area contributed by atoms with E-state index in [4.69, 9.17) is 0 Å². The number of hydrogen-bond donors (Lipinski definition) is 1. The lowest BCUT2D eigenvalue weighted by atomic mass is 9.46. The number of hydrogen-bond acceptors (Lipinski definition) is 1. The SMILES string of the molecule is CCCCCCCC1(C2CCCCC2)CCC(CC)(C2(C(=O)O)CCCCC2)CC1. The van der Waals surface area contributed by atoms with Crippen molar-refractivity contribution in [2.75, 3.05) is 0 Å². The Morgan fingerprint density at radius 1 is 0.767 bits per heavy atom. The van der Waals surface area contributed by atoms with Crippen molar-refractivity contribution < 1.29 is 9.90 Å². The van der Waals surface area contributed by atoms with E-state index in [1.807, 2.05) is 0 Å². The van der Waals surface area contributed by atoms with Crippen LogP contribution < -0.4 is 0 Å². The summed E-state index contributed by atoms with van der Waals surface area (Å²) in [6, 6.07) is 0. The molecule has 3 aliphatic rings. The van der Waals surface area contributed by atoms with Crippen LogP contribution >= 0.6 is 0 Å². The maximum Gasteiger partial charge on any atom is 0.310 e. The Hall–Kier alpha value is -0.530. The Kier molecular flexibility index (Phi) is 8.73. The van der Waals surface area contributed by atoms with Gasteiger partial charge in [0.05, 0.1) is 5.41 Å². The lowest BCUT2D eigenvalue weighted by Crippen LogP contribution is -2.52. The van der Waals surface area contributed by atoms with Crippen LogP contribution in [0.3, 0.4) is 0 Å². The number of carboxylic acids is 1. The third-order valence-corrected chi connectivity index (χ3v) is 10.3. The normalized spacial score (nSPS) is 32.7. The summed E-state index contributed by atoms with van der Waals surface area (Å²) in [5.74, 6) is 0.452. The highest BCUT2D eigenvalue weighted by atomic mass is 16.4. The topological polar surface area (TPSA) is 37.3 Å². The molecule has 0 aromatic rings. The molecule has 0 aromatic carbocycles. The van der Waals surface area contributed by atoms with Gasteiger partial charge in [0.25, 0.3) is 0 Å². The van der Waals surface area contributed by atoms with Crippen LogP contribution in [0.25, 0.3) is 0 Å². The first kappa shape index (κ1) is 24.1. The monoisotopic (exact) mass is 418 g/mol. The molecule has 3 aliphatic carbocycles. The van der Waals surface area contributed by atoms with E-state index in [2.05, 4.69) is 13.8 Å². The van der Waals surface area contributed by atoms with E-state index in [0.29, 0.717) is 5.41 Å². The Labute approximate surface area is 187 Å².